The van der Waals surface area contributed by atoms with Gasteiger partial charge in [-0.05, 0) is 76.3 Å². The Kier molecular flexibility index (Phi) is 4.57. The van der Waals surface area contributed by atoms with Crippen LogP contribution in [0.5, 0.6) is 0 Å². The van der Waals surface area contributed by atoms with Gasteiger partial charge in [0, 0.05) is 22.2 Å². The number of hydrogen-bond donors (Lipinski definition) is 1. The van der Waals surface area contributed by atoms with Crippen LogP contribution in [0.3, 0.4) is 0 Å². The van der Waals surface area contributed by atoms with Gasteiger partial charge in [0.25, 0.3) is 0 Å². The minimum Gasteiger partial charge on any atom is -0.366 e. The number of hydrogen-bond acceptors (Lipinski definition) is 2. The fraction of sp³-hybridized carbons (Fsp3) is 0.625. The van der Waals surface area contributed by atoms with E-state index in [0.717, 1.165) is 19.5 Å². The molecule has 2 N–H and O–H groups in total. The van der Waals surface area contributed by atoms with Crippen molar-refractivity contribution < 1.29 is 0 Å². The quantitative estimate of drug-likeness (QED) is 0.906. The van der Waals surface area contributed by atoms with E-state index in [9.17, 15) is 0 Å². The lowest BCUT2D eigenvalue weighted by molar-refractivity contribution is 0.227. The molecule has 1 saturated heterocycles. The highest BCUT2D eigenvalue weighted by atomic mass is 79.9. The van der Waals surface area contributed by atoms with E-state index in [0.29, 0.717) is 5.92 Å². The lowest BCUT2D eigenvalue weighted by Crippen LogP contribution is -2.54. The van der Waals surface area contributed by atoms with Gasteiger partial charge in [-0.2, -0.15) is 0 Å². The van der Waals surface area contributed by atoms with Gasteiger partial charge in [-0.3, -0.25) is 0 Å². The summed E-state index contributed by atoms with van der Waals surface area (Å²) in [6, 6.07) is 6.67. The highest BCUT2D eigenvalue weighted by Gasteiger charge is 2.37. The Balaban J connectivity index is 2.29. The number of halogens is 1. The minimum atomic E-state index is 0.192. The zero-order valence-corrected chi connectivity index (χ0v) is 13.8. The van der Waals surface area contributed by atoms with Crippen molar-refractivity contribution in [2.24, 2.45) is 11.7 Å². The summed E-state index contributed by atoms with van der Waals surface area (Å²) in [5.41, 5.74) is 8.62. The van der Waals surface area contributed by atoms with Crippen LogP contribution in [0.15, 0.2) is 22.7 Å². The monoisotopic (exact) mass is 324 g/mol. The molecular formula is C16H25BrN2. The van der Waals surface area contributed by atoms with Crippen LogP contribution in [0.4, 0.5) is 5.69 Å². The molecule has 0 saturated carbocycles. The van der Waals surface area contributed by atoms with Crippen LogP contribution in [0.2, 0.25) is 0 Å². The van der Waals surface area contributed by atoms with Crippen molar-refractivity contribution in [1.82, 2.24) is 0 Å². The van der Waals surface area contributed by atoms with Crippen LogP contribution >= 0.6 is 15.9 Å². The molecule has 2 nitrogen and oxygen atoms in total. The van der Waals surface area contributed by atoms with E-state index in [2.05, 4.69) is 59.8 Å². The molecule has 0 aromatic heterocycles. The summed E-state index contributed by atoms with van der Waals surface area (Å²) in [7, 11) is 0. The number of anilines is 1. The largest absolute Gasteiger partial charge is 0.366 e. The first kappa shape index (κ1) is 14.9. The van der Waals surface area contributed by atoms with E-state index in [1.165, 1.54) is 28.6 Å². The molecular weight excluding hydrogens is 300 g/mol. The average Bonchev–Trinajstić information content (AvgIpc) is 2.35. The Bertz CT molecular complexity index is 440. The SMILES string of the molecule is Cc1cc(N2CCCC(CCN)C2(C)C)ccc1Br. The molecule has 1 aromatic carbocycles. The highest BCUT2D eigenvalue weighted by molar-refractivity contribution is 9.10. The lowest BCUT2D eigenvalue weighted by atomic mass is 9.77. The fourth-order valence-electron chi connectivity index (χ4n) is 3.31. The molecule has 1 aliphatic heterocycles. The Morgan fingerprint density at radius 2 is 2.16 bits per heavy atom. The van der Waals surface area contributed by atoms with E-state index in [1.54, 1.807) is 0 Å². The third kappa shape index (κ3) is 2.97. The summed E-state index contributed by atoms with van der Waals surface area (Å²) in [6.45, 7) is 8.83. The second kappa shape index (κ2) is 5.84. The van der Waals surface area contributed by atoms with Gasteiger partial charge in [0.1, 0.15) is 0 Å². The molecule has 1 heterocycles. The predicted molar refractivity (Wildman–Crippen MR) is 86.7 cm³/mol. The van der Waals surface area contributed by atoms with Gasteiger partial charge in [0.2, 0.25) is 0 Å². The summed E-state index contributed by atoms with van der Waals surface area (Å²) >= 11 is 3.58. The average molecular weight is 325 g/mol. The second-order valence-corrected chi connectivity index (χ2v) is 7.01. The van der Waals surface area contributed by atoms with Crippen molar-refractivity contribution in [3.63, 3.8) is 0 Å². The topological polar surface area (TPSA) is 29.3 Å². The van der Waals surface area contributed by atoms with Gasteiger partial charge in [0.05, 0.1) is 0 Å². The number of benzene rings is 1. The summed E-state index contributed by atoms with van der Waals surface area (Å²) in [4.78, 5) is 2.57. The maximum atomic E-state index is 5.78. The molecule has 1 aromatic rings. The number of aryl methyl sites for hydroxylation is 1. The molecule has 0 spiro atoms. The van der Waals surface area contributed by atoms with Crippen LogP contribution in [-0.4, -0.2) is 18.6 Å². The molecule has 3 heteroatoms. The Labute approximate surface area is 125 Å². The number of nitrogens with two attached hydrogens (primary N) is 1. The van der Waals surface area contributed by atoms with E-state index in [1.807, 2.05) is 0 Å². The molecule has 1 atom stereocenters. The van der Waals surface area contributed by atoms with E-state index in [4.69, 9.17) is 5.73 Å². The van der Waals surface area contributed by atoms with E-state index in [-0.39, 0.29) is 5.54 Å². The molecule has 1 fully saturated rings. The summed E-state index contributed by atoms with van der Waals surface area (Å²) in [6.07, 6.45) is 3.69. The molecule has 2 rings (SSSR count). The second-order valence-electron chi connectivity index (χ2n) is 6.16. The van der Waals surface area contributed by atoms with Crippen molar-refractivity contribution in [1.29, 1.82) is 0 Å². The number of nitrogens with zero attached hydrogens (tertiary/aromatic N) is 1. The predicted octanol–water partition coefficient (Wildman–Crippen LogP) is 4.10. The van der Waals surface area contributed by atoms with Crippen molar-refractivity contribution in [3.05, 3.63) is 28.2 Å². The number of piperidine rings is 1. The Morgan fingerprint density at radius 3 is 2.79 bits per heavy atom. The van der Waals surface area contributed by atoms with Crippen LogP contribution in [0, 0.1) is 12.8 Å². The molecule has 0 amide bonds. The van der Waals surface area contributed by atoms with Gasteiger partial charge >= 0.3 is 0 Å². The van der Waals surface area contributed by atoms with Crippen LogP contribution < -0.4 is 10.6 Å². The first-order valence-corrected chi connectivity index (χ1v) is 8.00. The smallest absolute Gasteiger partial charge is 0.0374 e. The van der Waals surface area contributed by atoms with Crippen molar-refractivity contribution >= 4 is 21.6 Å². The number of rotatable bonds is 3. The summed E-state index contributed by atoms with van der Waals surface area (Å²) in [5, 5.41) is 0. The van der Waals surface area contributed by atoms with Gasteiger partial charge in [-0.1, -0.05) is 15.9 Å². The minimum absolute atomic E-state index is 0.192. The normalized spacial score (nSPS) is 22.6. The van der Waals surface area contributed by atoms with Crippen molar-refractivity contribution in [2.45, 2.75) is 45.6 Å². The van der Waals surface area contributed by atoms with Gasteiger partial charge in [-0.15, -0.1) is 0 Å². The Morgan fingerprint density at radius 1 is 1.42 bits per heavy atom. The molecule has 0 bridgehead atoms. The zero-order chi connectivity index (χ0) is 14.0. The zero-order valence-electron chi connectivity index (χ0n) is 12.2. The van der Waals surface area contributed by atoms with Crippen molar-refractivity contribution in [2.75, 3.05) is 18.0 Å². The third-order valence-corrected chi connectivity index (χ3v) is 5.49. The third-order valence-electron chi connectivity index (χ3n) is 4.60. The summed E-state index contributed by atoms with van der Waals surface area (Å²) in [5.74, 6) is 0.690. The standard InChI is InChI=1S/C16H25BrN2/c1-12-11-14(6-7-15(12)17)19-10-4-5-13(8-9-18)16(19,2)3/h6-7,11,13H,4-5,8-10,18H2,1-3H3. The molecule has 106 valence electrons. The molecule has 0 aliphatic carbocycles. The van der Waals surface area contributed by atoms with Crippen LogP contribution in [-0.2, 0) is 0 Å². The molecule has 1 aliphatic rings. The van der Waals surface area contributed by atoms with Gasteiger partial charge in [-0.25, -0.2) is 0 Å². The lowest BCUT2D eigenvalue weighted by Gasteiger charge is -2.50. The van der Waals surface area contributed by atoms with Crippen LogP contribution in [0.25, 0.3) is 0 Å². The molecule has 19 heavy (non-hydrogen) atoms. The van der Waals surface area contributed by atoms with E-state index >= 15 is 0 Å². The highest BCUT2D eigenvalue weighted by Crippen LogP contribution is 2.39. The maximum absolute atomic E-state index is 5.78. The van der Waals surface area contributed by atoms with Crippen LogP contribution in [0.1, 0.15) is 38.7 Å². The first-order chi connectivity index (χ1) is 8.96. The van der Waals surface area contributed by atoms with Gasteiger partial charge in [0.15, 0.2) is 0 Å². The maximum Gasteiger partial charge on any atom is 0.0374 e. The summed E-state index contributed by atoms with van der Waals surface area (Å²) < 4.78 is 1.18. The van der Waals surface area contributed by atoms with E-state index < -0.39 is 0 Å². The first-order valence-electron chi connectivity index (χ1n) is 7.20. The molecule has 0 radical (unpaired) electrons. The van der Waals surface area contributed by atoms with Crippen molar-refractivity contribution in [3.8, 4) is 0 Å². The Hall–Kier alpha value is -0.540. The molecule has 1 unspecified atom stereocenters. The van der Waals surface area contributed by atoms with Gasteiger partial charge < -0.3 is 10.6 Å². The fourth-order valence-corrected chi connectivity index (χ4v) is 3.56.